The molecule has 5 rings (SSSR count). The normalized spacial score (nSPS) is 19.8. The van der Waals surface area contributed by atoms with Gasteiger partial charge >= 0.3 is 12.5 Å². The van der Waals surface area contributed by atoms with Crippen LogP contribution in [0.5, 0.6) is 5.75 Å². The number of nitrogens with zero attached hydrogens (tertiary/aromatic N) is 3. The van der Waals surface area contributed by atoms with Gasteiger partial charge in [0.2, 0.25) is 0 Å². The van der Waals surface area contributed by atoms with E-state index < -0.39 is 56.8 Å². The van der Waals surface area contributed by atoms with E-state index in [0.29, 0.717) is 21.1 Å². The first-order valence-corrected chi connectivity index (χ1v) is 15.8. The van der Waals surface area contributed by atoms with Gasteiger partial charge in [0.05, 0.1) is 17.0 Å². The molecule has 0 spiro atoms. The lowest BCUT2D eigenvalue weighted by Gasteiger charge is -2.41. The van der Waals surface area contributed by atoms with Crippen LogP contribution in [0.2, 0.25) is 10.0 Å². The van der Waals surface area contributed by atoms with Gasteiger partial charge in [-0.1, -0.05) is 23.2 Å². The second-order valence-corrected chi connectivity index (χ2v) is 14.1. The summed E-state index contributed by atoms with van der Waals surface area (Å²) in [6.45, 7) is 5.01. The van der Waals surface area contributed by atoms with Gasteiger partial charge < -0.3 is 24.0 Å². The van der Waals surface area contributed by atoms with Crippen LogP contribution in [0.4, 0.5) is 18.0 Å². The molecule has 9 nitrogen and oxygen atoms in total. The fourth-order valence-corrected chi connectivity index (χ4v) is 6.55. The third-order valence-corrected chi connectivity index (χ3v) is 8.86. The number of carbonyl (C=O) groups excluding carboxylic acids is 1. The number of sulfonamides is 1. The summed E-state index contributed by atoms with van der Waals surface area (Å²) in [7, 11) is -4.41. The van der Waals surface area contributed by atoms with Crippen molar-refractivity contribution in [3.05, 3.63) is 70.7 Å². The zero-order valence-corrected chi connectivity index (χ0v) is 26.5. The Balaban J connectivity index is 1.54. The topological polar surface area (TPSA) is 110 Å². The van der Waals surface area contributed by atoms with E-state index in [1.165, 1.54) is 4.90 Å². The van der Waals surface area contributed by atoms with Gasteiger partial charge in [-0.2, -0.15) is 12.8 Å². The number of benzene rings is 3. The fourth-order valence-electron chi connectivity index (χ4n) is 5.29. The van der Waals surface area contributed by atoms with Crippen molar-refractivity contribution in [3.8, 4) is 5.75 Å². The van der Waals surface area contributed by atoms with Crippen molar-refractivity contribution in [1.82, 2.24) is 9.47 Å². The molecule has 1 aliphatic heterocycles. The number of aliphatic hydroxyl groups is 1. The molecular formula is C30H28Cl2F3N3O6S. The van der Waals surface area contributed by atoms with Gasteiger partial charge in [0.25, 0.3) is 10.0 Å². The maximum Gasteiger partial charge on any atom is 0.573 e. The number of hydrogen-bond donors (Lipinski definition) is 1. The largest absolute Gasteiger partial charge is 0.573 e. The molecule has 15 heteroatoms. The molecule has 240 valence electrons. The van der Waals surface area contributed by atoms with E-state index in [1.807, 2.05) is 4.57 Å². The van der Waals surface area contributed by atoms with Crippen molar-refractivity contribution in [2.24, 2.45) is 10.3 Å². The minimum atomic E-state index is -4.94. The summed E-state index contributed by atoms with van der Waals surface area (Å²) in [6, 6.07) is 13.2. The Hall–Kier alpha value is -3.52. The summed E-state index contributed by atoms with van der Waals surface area (Å²) < 4.78 is 78.6. The van der Waals surface area contributed by atoms with Crippen molar-refractivity contribution in [1.29, 1.82) is 0 Å². The Morgan fingerprint density at radius 3 is 2.02 bits per heavy atom. The second-order valence-electron chi connectivity index (χ2n) is 11.5. The van der Waals surface area contributed by atoms with Gasteiger partial charge in [-0.25, -0.2) is 4.79 Å². The Labute approximate surface area is 266 Å². The maximum atomic E-state index is 13.3. The Bertz CT molecular complexity index is 1830. The smallest absolute Gasteiger partial charge is 0.444 e. The molecule has 0 saturated carbocycles. The van der Waals surface area contributed by atoms with E-state index in [1.54, 1.807) is 57.2 Å². The minimum Gasteiger partial charge on any atom is -0.444 e. The maximum absolute atomic E-state index is 13.3. The minimum absolute atomic E-state index is 0.0119. The van der Waals surface area contributed by atoms with Crippen molar-refractivity contribution in [3.63, 3.8) is 0 Å². The van der Waals surface area contributed by atoms with Crippen molar-refractivity contribution >= 4 is 67.3 Å². The molecule has 1 saturated heterocycles. The molecule has 2 heterocycles. The van der Waals surface area contributed by atoms with Crippen LogP contribution in [-0.4, -0.2) is 66.5 Å². The number of amides is 1. The summed E-state index contributed by atoms with van der Waals surface area (Å²) >= 11 is 12.6. The molecule has 1 N–H and O–H groups in total. The standard InChI is InChI=1S/C30H28Cl2F3N3O6S/c1-29(2,3)44-28(40)37-15-17(14-36-45(41,42)21-8-6-20(7-9-21)43-30(33,34)35)27(39)26(16-37)38-24-10-4-18(31)12-22(24)23-13-19(32)5-11-25(23)38/h4-14,17,26-27,39H,15-16H2,1-3H3/t17?,26-,27-/m0/s1. The molecule has 0 aliphatic carbocycles. The first-order valence-electron chi connectivity index (χ1n) is 13.6. The van der Waals surface area contributed by atoms with Crippen LogP contribution in [0, 0.1) is 5.92 Å². The summed E-state index contributed by atoms with van der Waals surface area (Å²) in [5.41, 5.74) is 0.546. The van der Waals surface area contributed by atoms with E-state index in [-0.39, 0.29) is 13.1 Å². The van der Waals surface area contributed by atoms with Gasteiger partial charge in [0, 0.05) is 57.1 Å². The van der Waals surface area contributed by atoms with E-state index >= 15 is 0 Å². The summed E-state index contributed by atoms with van der Waals surface area (Å²) in [6.07, 6.45) is -5.82. The van der Waals surface area contributed by atoms with E-state index in [9.17, 15) is 31.5 Å². The molecule has 1 aliphatic rings. The highest BCUT2D eigenvalue weighted by atomic mass is 35.5. The lowest BCUT2D eigenvalue weighted by molar-refractivity contribution is -0.274. The Morgan fingerprint density at radius 2 is 1.51 bits per heavy atom. The number of carbonyl (C=O) groups is 1. The summed E-state index contributed by atoms with van der Waals surface area (Å²) in [5, 5.41) is 14.2. The van der Waals surface area contributed by atoms with Gasteiger partial charge in [-0.3, -0.25) is 0 Å². The molecule has 1 unspecified atom stereocenters. The monoisotopic (exact) mass is 685 g/mol. The van der Waals surface area contributed by atoms with Crippen molar-refractivity contribution < 1.29 is 41.0 Å². The highest BCUT2D eigenvalue weighted by Gasteiger charge is 2.41. The van der Waals surface area contributed by atoms with Gasteiger partial charge in [0.1, 0.15) is 11.4 Å². The Morgan fingerprint density at radius 1 is 0.956 bits per heavy atom. The molecule has 3 atom stereocenters. The van der Waals surface area contributed by atoms with E-state index in [4.69, 9.17) is 27.9 Å². The predicted molar refractivity (Wildman–Crippen MR) is 165 cm³/mol. The number of rotatable bonds is 5. The lowest BCUT2D eigenvalue weighted by Crippen LogP contribution is -2.53. The molecule has 3 aromatic carbocycles. The number of ether oxygens (including phenoxy) is 2. The third-order valence-electron chi connectivity index (χ3n) is 7.13. The third kappa shape index (κ3) is 7.32. The van der Waals surface area contributed by atoms with Crippen LogP contribution in [0.1, 0.15) is 26.8 Å². The number of aliphatic hydroxyl groups excluding tert-OH is 1. The Kier molecular flexibility index (Phi) is 8.77. The van der Waals surface area contributed by atoms with Crippen LogP contribution in [0.15, 0.2) is 70.0 Å². The molecule has 4 aromatic rings. The summed E-state index contributed by atoms with van der Waals surface area (Å²) in [4.78, 5) is 14.3. The molecule has 45 heavy (non-hydrogen) atoms. The van der Waals surface area contributed by atoms with E-state index in [0.717, 1.165) is 41.3 Å². The first kappa shape index (κ1) is 32.9. The molecular weight excluding hydrogens is 658 g/mol. The number of piperidine rings is 1. The number of alkyl halides is 3. The number of halogens is 5. The van der Waals surface area contributed by atoms with Gasteiger partial charge in [-0.05, 0) is 81.4 Å². The average Bonchev–Trinajstić information content (AvgIpc) is 3.23. The van der Waals surface area contributed by atoms with Crippen LogP contribution >= 0.6 is 23.2 Å². The lowest BCUT2D eigenvalue weighted by atomic mass is 9.91. The number of hydrogen-bond acceptors (Lipinski definition) is 6. The quantitative estimate of drug-likeness (QED) is 0.222. The molecule has 1 fully saturated rings. The molecule has 0 radical (unpaired) electrons. The van der Waals surface area contributed by atoms with Crippen LogP contribution in [0.25, 0.3) is 21.8 Å². The van der Waals surface area contributed by atoms with Crippen LogP contribution in [-0.2, 0) is 14.8 Å². The van der Waals surface area contributed by atoms with Gasteiger partial charge in [-0.15, -0.1) is 13.2 Å². The molecule has 1 aromatic heterocycles. The second kappa shape index (κ2) is 12.0. The van der Waals surface area contributed by atoms with E-state index in [2.05, 4.69) is 9.13 Å². The zero-order chi connectivity index (χ0) is 32.9. The van der Waals surface area contributed by atoms with Crippen molar-refractivity contribution in [2.75, 3.05) is 13.1 Å². The molecule has 0 bridgehead atoms. The number of aromatic nitrogens is 1. The van der Waals surface area contributed by atoms with Crippen LogP contribution in [0.3, 0.4) is 0 Å². The van der Waals surface area contributed by atoms with Gasteiger partial charge in [0.15, 0.2) is 0 Å². The first-order chi connectivity index (χ1) is 20.9. The summed E-state index contributed by atoms with van der Waals surface area (Å²) in [5.74, 6) is -1.59. The average molecular weight is 687 g/mol. The zero-order valence-electron chi connectivity index (χ0n) is 24.1. The number of likely N-dealkylation sites (tertiary alicyclic amines) is 1. The molecule has 1 amide bonds. The highest BCUT2D eigenvalue weighted by Crippen LogP contribution is 2.39. The van der Waals surface area contributed by atoms with Crippen molar-refractivity contribution in [2.45, 2.75) is 49.8 Å². The predicted octanol–water partition coefficient (Wildman–Crippen LogP) is 7.23. The number of fused-ring (bicyclic) bond motifs is 3. The SMILES string of the molecule is CC(C)(C)OC(=O)N1CC(C=NS(=O)(=O)c2ccc(OC(F)(F)F)cc2)[C@H](O)[C@@H](n2c3ccc(Cl)cc3c3cc(Cl)ccc32)C1. The fraction of sp³-hybridized carbons (Fsp3) is 0.333. The highest BCUT2D eigenvalue weighted by molar-refractivity contribution is 7.90. The van der Waals surface area contributed by atoms with Crippen LogP contribution < -0.4 is 4.74 Å².